The fourth-order valence-corrected chi connectivity index (χ4v) is 2.51. The first-order chi connectivity index (χ1) is 11.5. The van der Waals surface area contributed by atoms with Crippen molar-refractivity contribution >= 4 is 0 Å². The van der Waals surface area contributed by atoms with E-state index in [0.717, 1.165) is 11.5 Å². The molecule has 24 heavy (non-hydrogen) atoms. The summed E-state index contributed by atoms with van der Waals surface area (Å²) in [6.07, 6.45) is 3.63. The van der Waals surface area contributed by atoms with Crippen molar-refractivity contribution in [2.45, 2.75) is 38.8 Å². The van der Waals surface area contributed by atoms with Crippen LogP contribution in [0.1, 0.15) is 49.7 Å². The average Bonchev–Trinajstić information content (AvgIpc) is 3.06. The molecule has 0 saturated carbocycles. The van der Waals surface area contributed by atoms with Crippen LogP contribution >= 0.6 is 0 Å². The highest BCUT2D eigenvalue weighted by Gasteiger charge is 2.20. The molecule has 0 bridgehead atoms. The molecule has 0 spiro atoms. The lowest BCUT2D eigenvalue weighted by atomic mass is 9.94. The third-order valence-electron chi connectivity index (χ3n) is 3.87. The molecule has 0 radical (unpaired) electrons. The molecule has 1 atom stereocenters. The Balaban J connectivity index is 1.79. The first-order valence-corrected chi connectivity index (χ1v) is 8.18. The van der Waals surface area contributed by atoms with Gasteiger partial charge >= 0.3 is 0 Å². The molecule has 0 aliphatic rings. The van der Waals surface area contributed by atoms with E-state index in [4.69, 9.17) is 4.42 Å². The summed E-state index contributed by atoms with van der Waals surface area (Å²) in [5.41, 5.74) is 2.11. The van der Waals surface area contributed by atoms with E-state index in [-0.39, 0.29) is 11.5 Å². The highest BCUT2D eigenvalue weighted by atomic mass is 16.4. The van der Waals surface area contributed by atoms with Crippen LogP contribution in [0.25, 0.3) is 0 Å². The monoisotopic (exact) mass is 321 g/mol. The predicted octanol–water partition coefficient (Wildman–Crippen LogP) is 4.25. The number of benzene rings is 1. The molecule has 0 fully saturated rings. The molecule has 0 aliphatic carbocycles. The molecule has 0 saturated heterocycles. The lowest BCUT2D eigenvalue weighted by Gasteiger charge is -2.18. The summed E-state index contributed by atoms with van der Waals surface area (Å²) in [6.45, 7) is 6.90. The van der Waals surface area contributed by atoms with Crippen LogP contribution in [0.15, 0.2) is 65.3 Å². The first-order valence-electron chi connectivity index (χ1n) is 8.18. The van der Waals surface area contributed by atoms with E-state index in [9.17, 15) is 0 Å². The van der Waals surface area contributed by atoms with Gasteiger partial charge in [0, 0.05) is 11.6 Å². The highest BCUT2D eigenvalue weighted by Crippen LogP contribution is 2.24. The van der Waals surface area contributed by atoms with Crippen molar-refractivity contribution < 1.29 is 4.42 Å². The standard InChI is InChI=1S/C20H23N3O/c1-20(2,3)17-13-22-18(24-17)14-23-19(15-9-5-4-6-10-15)16-11-7-8-12-21-16/h4-13,19,23H,14H2,1-3H3. The zero-order valence-corrected chi connectivity index (χ0v) is 14.4. The van der Waals surface area contributed by atoms with E-state index >= 15 is 0 Å². The molecule has 4 heteroatoms. The van der Waals surface area contributed by atoms with E-state index in [1.165, 1.54) is 5.56 Å². The Hall–Kier alpha value is -2.46. The van der Waals surface area contributed by atoms with Crippen molar-refractivity contribution in [1.29, 1.82) is 0 Å². The van der Waals surface area contributed by atoms with E-state index in [1.807, 2.05) is 48.8 Å². The van der Waals surface area contributed by atoms with Crippen molar-refractivity contribution in [3.8, 4) is 0 Å². The lowest BCUT2D eigenvalue weighted by molar-refractivity contribution is 0.369. The number of hydrogen-bond donors (Lipinski definition) is 1. The molecule has 1 aromatic carbocycles. The number of rotatable bonds is 5. The normalized spacial score (nSPS) is 13.0. The maximum absolute atomic E-state index is 5.88. The molecule has 0 aliphatic heterocycles. The summed E-state index contributed by atoms with van der Waals surface area (Å²) < 4.78 is 5.88. The predicted molar refractivity (Wildman–Crippen MR) is 94.6 cm³/mol. The Bertz CT molecular complexity index is 721. The van der Waals surface area contributed by atoms with Crippen LogP contribution in [0.3, 0.4) is 0 Å². The van der Waals surface area contributed by atoms with Gasteiger partial charge in [0.2, 0.25) is 5.89 Å². The number of pyridine rings is 1. The van der Waals surface area contributed by atoms with Crippen LogP contribution in [0.2, 0.25) is 0 Å². The number of aromatic nitrogens is 2. The zero-order chi connectivity index (χ0) is 17.0. The molecule has 2 aromatic heterocycles. The van der Waals surface area contributed by atoms with E-state index < -0.39 is 0 Å². The minimum absolute atomic E-state index is 0.00242. The van der Waals surface area contributed by atoms with Gasteiger partial charge in [-0.25, -0.2) is 4.98 Å². The van der Waals surface area contributed by atoms with Gasteiger partial charge in [-0.15, -0.1) is 0 Å². The molecule has 3 rings (SSSR count). The quantitative estimate of drug-likeness (QED) is 0.763. The minimum atomic E-state index is -0.0366. The van der Waals surface area contributed by atoms with Crippen molar-refractivity contribution in [1.82, 2.24) is 15.3 Å². The fraction of sp³-hybridized carbons (Fsp3) is 0.300. The van der Waals surface area contributed by atoms with Crippen LogP contribution < -0.4 is 5.32 Å². The first kappa shape index (κ1) is 16.4. The Morgan fingerprint density at radius 1 is 1.00 bits per heavy atom. The van der Waals surface area contributed by atoms with E-state index in [2.05, 4.69) is 48.2 Å². The number of nitrogens with one attached hydrogen (secondary N) is 1. The highest BCUT2D eigenvalue weighted by molar-refractivity contribution is 5.27. The molecule has 2 heterocycles. The van der Waals surface area contributed by atoms with Gasteiger partial charge in [-0.1, -0.05) is 57.2 Å². The molecule has 1 N–H and O–H groups in total. The number of hydrogen-bond acceptors (Lipinski definition) is 4. The summed E-state index contributed by atoms with van der Waals surface area (Å²) in [7, 11) is 0. The molecule has 124 valence electrons. The summed E-state index contributed by atoms with van der Waals surface area (Å²) in [4.78, 5) is 8.89. The summed E-state index contributed by atoms with van der Waals surface area (Å²) in [6, 6.07) is 16.2. The minimum Gasteiger partial charge on any atom is -0.444 e. The second-order valence-electron chi connectivity index (χ2n) is 6.85. The van der Waals surface area contributed by atoms with E-state index in [1.54, 1.807) is 0 Å². The maximum atomic E-state index is 5.88. The lowest BCUT2D eigenvalue weighted by Crippen LogP contribution is -2.23. The smallest absolute Gasteiger partial charge is 0.208 e. The third-order valence-corrected chi connectivity index (χ3v) is 3.87. The SMILES string of the molecule is CC(C)(C)c1cnc(CNC(c2ccccc2)c2ccccn2)o1. The molecule has 3 aromatic rings. The summed E-state index contributed by atoms with van der Waals surface area (Å²) in [5.74, 6) is 1.59. The van der Waals surface area contributed by atoms with Gasteiger partial charge in [0.1, 0.15) is 5.76 Å². The average molecular weight is 321 g/mol. The van der Waals surface area contributed by atoms with Crippen molar-refractivity contribution in [3.63, 3.8) is 0 Å². The molecule has 4 nitrogen and oxygen atoms in total. The second kappa shape index (κ2) is 6.97. The second-order valence-corrected chi connectivity index (χ2v) is 6.85. The zero-order valence-electron chi connectivity index (χ0n) is 14.4. The summed E-state index contributed by atoms with van der Waals surface area (Å²) in [5, 5.41) is 3.51. The fourth-order valence-electron chi connectivity index (χ4n) is 2.51. The van der Waals surface area contributed by atoms with Crippen molar-refractivity contribution in [2.24, 2.45) is 0 Å². The molecule has 1 unspecified atom stereocenters. The molecular formula is C20H23N3O. The number of oxazole rings is 1. The Morgan fingerprint density at radius 3 is 2.38 bits per heavy atom. The van der Waals surface area contributed by atoms with Crippen LogP contribution in [0.5, 0.6) is 0 Å². The van der Waals surface area contributed by atoms with Gasteiger partial charge in [-0.05, 0) is 17.7 Å². The molecule has 0 amide bonds. The van der Waals surface area contributed by atoms with Crippen LogP contribution in [0.4, 0.5) is 0 Å². The number of nitrogens with zero attached hydrogens (tertiary/aromatic N) is 2. The Labute approximate surface area is 143 Å². The molecular weight excluding hydrogens is 298 g/mol. The van der Waals surface area contributed by atoms with Gasteiger partial charge < -0.3 is 4.42 Å². The maximum Gasteiger partial charge on any atom is 0.208 e. The van der Waals surface area contributed by atoms with Crippen LogP contribution in [-0.4, -0.2) is 9.97 Å². The largest absolute Gasteiger partial charge is 0.444 e. The summed E-state index contributed by atoms with van der Waals surface area (Å²) >= 11 is 0. The van der Waals surface area contributed by atoms with Crippen molar-refractivity contribution in [3.05, 3.63) is 83.8 Å². The third kappa shape index (κ3) is 3.89. The van der Waals surface area contributed by atoms with Crippen molar-refractivity contribution in [2.75, 3.05) is 0 Å². The van der Waals surface area contributed by atoms with Gasteiger partial charge in [0.25, 0.3) is 0 Å². The van der Waals surface area contributed by atoms with E-state index in [0.29, 0.717) is 12.4 Å². The van der Waals surface area contributed by atoms with Gasteiger partial charge in [-0.3, -0.25) is 10.3 Å². The van der Waals surface area contributed by atoms with Gasteiger partial charge in [0.15, 0.2) is 0 Å². The van der Waals surface area contributed by atoms with Crippen LogP contribution in [0, 0.1) is 0 Å². The van der Waals surface area contributed by atoms with Crippen LogP contribution in [-0.2, 0) is 12.0 Å². The Morgan fingerprint density at radius 2 is 1.75 bits per heavy atom. The topological polar surface area (TPSA) is 51.0 Å². The van der Waals surface area contributed by atoms with Gasteiger partial charge in [-0.2, -0.15) is 0 Å². The Kier molecular flexibility index (Phi) is 4.76. The van der Waals surface area contributed by atoms with Gasteiger partial charge in [0.05, 0.1) is 24.5 Å².